The second kappa shape index (κ2) is 5.60. The molecule has 1 unspecified atom stereocenters. The molecule has 1 atom stereocenters. The van der Waals surface area contributed by atoms with Gasteiger partial charge in [0.05, 0.1) is 5.92 Å². The lowest BCUT2D eigenvalue weighted by molar-refractivity contribution is -0.160. The van der Waals surface area contributed by atoms with Crippen LogP contribution in [0.3, 0.4) is 0 Å². The standard InChI is InChI=1S/C18H25NO4/c20-15(10-23-17(22)14-1-2-16(21)19-9-14)18-6-11-3-12(7-18)5-13(4-11)8-18/h11-14H,1-10H2,(H,19,21). The molecule has 1 amide bonds. The first-order valence-corrected chi connectivity index (χ1v) is 9.01. The van der Waals surface area contributed by atoms with E-state index in [0.29, 0.717) is 19.4 Å². The van der Waals surface area contributed by atoms with Gasteiger partial charge in [-0.3, -0.25) is 14.4 Å². The van der Waals surface area contributed by atoms with Gasteiger partial charge in [0, 0.05) is 18.4 Å². The van der Waals surface area contributed by atoms with Gasteiger partial charge in [0.15, 0.2) is 12.4 Å². The van der Waals surface area contributed by atoms with Crippen molar-refractivity contribution >= 4 is 17.7 Å². The minimum Gasteiger partial charge on any atom is -0.457 e. The van der Waals surface area contributed by atoms with Crippen LogP contribution in [-0.2, 0) is 19.1 Å². The molecule has 126 valence electrons. The number of hydrogen-bond donors (Lipinski definition) is 1. The van der Waals surface area contributed by atoms with E-state index in [2.05, 4.69) is 5.32 Å². The van der Waals surface area contributed by atoms with Crippen molar-refractivity contribution in [3.63, 3.8) is 0 Å². The summed E-state index contributed by atoms with van der Waals surface area (Å²) < 4.78 is 5.33. The quantitative estimate of drug-likeness (QED) is 0.803. The number of carbonyl (C=O) groups excluding carboxylic acids is 3. The molecule has 5 aliphatic rings. The first kappa shape index (κ1) is 15.2. The lowest BCUT2D eigenvalue weighted by Crippen LogP contribution is -2.51. The first-order chi connectivity index (χ1) is 11.0. The van der Waals surface area contributed by atoms with Gasteiger partial charge in [-0.25, -0.2) is 0 Å². The second-order valence-corrected chi connectivity index (χ2v) is 8.27. The summed E-state index contributed by atoms with van der Waals surface area (Å²) >= 11 is 0. The van der Waals surface area contributed by atoms with Gasteiger partial charge in [0.1, 0.15) is 0 Å². The molecule has 0 aromatic heterocycles. The van der Waals surface area contributed by atoms with Crippen molar-refractivity contribution in [2.24, 2.45) is 29.1 Å². The topological polar surface area (TPSA) is 72.5 Å². The summed E-state index contributed by atoms with van der Waals surface area (Å²) in [5.41, 5.74) is -0.199. The SMILES string of the molecule is O=C1CCC(C(=O)OCC(=O)C23CC4CC(CC(C4)C2)C3)CN1. The summed E-state index contributed by atoms with van der Waals surface area (Å²) in [7, 11) is 0. The lowest BCUT2D eigenvalue weighted by Gasteiger charge is -2.55. The molecule has 4 bridgehead atoms. The van der Waals surface area contributed by atoms with E-state index in [1.165, 1.54) is 19.3 Å². The number of carbonyl (C=O) groups is 3. The monoisotopic (exact) mass is 319 g/mol. The first-order valence-electron chi connectivity index (χ1n) is 9.01. The van der Waals surface area contributed by atoms with Crippen LogP contribution in [0, 0.1) is 29.1 Å². The molecule has 4 aliphatic carbocycles. The number of Topliss-reactive ketones (excluding diaryl/α,β-unsaturated/α-hetero) is 1. The van der Waals surface area contributed by atoms with E-state index in [1.807, 2.05) is 0 Å². The Hall–Kier alpha value is -1.39. The summed E-state index contributed by atoms with van der Waals surface area (Å²) in [5.74, 6) is 1.65. The van der Waals surface area contributed by atoms with Crippen molar-refractivity contribution in [2.45, 2.75) is 51.4 Å². The fraction of sp³-hybridized carbons (Fsp3) is 0.833. The van der Waals surface area contributed by atoms with E-state index in [-0.39, 0.29) is 35.6 Å². The van der Waals surface area contributed by atoms with Gasteiger partial charge in [-0.2, -0.15) is 0 Å². The van der Waals surface area contributed by atoms with Crippen molar-refractivity contribution in [1.82, 2.24) is 5.32 Å². The molecular formula is C18H25NO4. The Morgan fingerprint density at radius 3 is 2.22 bits per heavy atom. The smallest absolute Gasteiger partial charge is 0.311 e. The molecule has 1 aliphatic heterocycles. The molecule has 5 heteroatoms. The molecule has 1 heterocycles. The number of rotatable bonds is 4. The molecule has 0 aromatic rings. The highest BCUT2D eigenvalue weighted by atomic mass is 16.5. The molecule has 23 heavy (non-hydrogen) atoms. The van der Waals surface area contributed by atoms with E-state index >= 15 is 0 Å². The van der Waals surface area contributed by atoms with Crippen LogP contribution >= 0.6 is 0 Å². The summed E-state index contributed by atoms with van der Waals surface area (Å²) in [4.78, 5) is 36.0. The van der Waals surface area contributed by atoms with E-state index in [4.69, 9.17) is 4.74 Å². The van der Waals surface area contributed by atoms with Crippen LogP contribution in [0.25, 0.3) is 0 Å². The zero-order chi connectivity index (χ0) is 16.0. The number of ketones is 1. The van der Waals surface area contributed by atoms with Crippen LogP contribution < -0.4 is 5.32 Å². The fourth-order valence-electron chi connectivity index (χ4n) is 5.79. The third-order valence-electron chi connectivity index (χ3n) is 6.57. The Labute approximate surface area is 136 Å². The van der Waals surface area contributed by atoms with Gasteiger partial charge in [-0.15, -0.1) is 0 Å². The molecule has 1 saturated heterocycles. The number of esters is 1. The Morgan fingerprint density at radius 2 is 1.70 bits per heavy atom. The van der Waals surface area contributed by atoms with Crippen molar-refractivity contribution in [1.29, 1.82) is 0 Å². The Kier molecular flexibility index (Phi) is 3.69. The Morgan fingerprint density at radius 1 is 1.09 bits per heavy atom. The average Bonchev–Trinajstić information content (AvgIpc) is 2.51. The maximum absolute atomic E-state index is 12.8. The predicted molar refractivity (Wildman–Crippen MR) is 82.3 cm³/mol. The van der Waals surface area contributed by atoms with Gasteiger partial charge < -0.3 is 10.1 Å². The number of amides is 1. The highest BCUT2D eigenvalue weighted by Gasteiger charge is 2.54. The van der Waals surface area contributed by atoms with Crippen LogP contribution in [0.15, 0.2) is 0 Å². The van der Waals surface area contributed by atoms with Crippen LogP contribution in [0.5, 0.6) is 0 Å². The van der Waals surface area contributed by atoms with Gasteiger partial charge in [0.2, 0.25) is 5.91 Å². The van der Waals surface area contributed by atoms with Gasteiger partial charge in [-0.1, -0.05) is 0 Å². The molecule has 0 aromatic carbocycles. The molecular weight excluding hydrogens is 294 g/mol. The van der Waals surface area contributed by atoms with Crippen molar-refractivity contribution in [3.8, 4) is 0 Å². The van der Waals surface area contributed by atoms with Gasteiger partial charge >= 0.3 is 5.97 Å². The minimum atomic E-state index is -0.330. The lowest BCUT2D eigenvalue weighted by atomic mass is 9.48. The molecule has 0 spiro atoms. The average molecular weight is 319 g/mol. The van der Waals surface area contributed by atoms with Crippen LogP contribution in [0.1, 0.15) is 51.4 Å². The number of piperidine rings is 1. The number of hydrogen-bond acceptors (Lipinski definition) is 4. The maximum Gasteiger partial charge on any atom is 0.311 e. The van der Waals surface area contributed by atoms with E-state index in [0.717, 1.165) is 37.0 Å². The van der Waals surface area contributed by atoms with Crippen molar-refractivity contribution in [3.05, 3.63) is 0 Å². The van der Waals surface area contributed by atoms with Gasteiger partial charge in [0.25, 0.3) is 0 Å². The minimum absolute atomic E-state index is 0.0151. The molecule has 0 radical (unpaired) electrons. The summed E-state index contributed by atoms with van der Waals surface area (Å²) in [5, 5.41) is 2.68. The third-order valence-corrected chi connectivity index (χ3v) is 6.57. The summed E-state index contributed by atoms with van der Waals surface area (Å²) in [6.45, 7) is 0.263. The third kappa shape index (κ3) is 2.79. The highest BCUT2D eigenvalue weighted by Crippen LogP contribution is 2.60. The van der Waals surface area contributed by atoms with Crippen LogP contribution in [0.2, 0.25) is 0 Å². The predicted octanol–water partition coefficient (Wildman–Crippen LogP) is 1.84. The van der Waals surface area contributed by atoms with Crippen LogP contribution in [-0.4, -0.2) is 30.8 Å². The van der Waals surface area contributed by atoms with E-state index in [1.54, 1.807) is 0 Å². The maximum atomic E-state index is 12.8. The molecule has 5 fully saturated rings. The Balaban J connectivity index is 1.33. The molecule has 5 nitrogen and oxygen atoms in total. The number of ether oxygens (including phenoxy) is 1. The normalized spacial score (nSPS) is 41.5. The summed E-state index contributed by atoms with van der Waals surface area (Å²) in [6.07, 6.45) is 7.81. The number of nitrogens with one attached hydrogen (secondary N) is 1. The second-order valence-electron chi connectivity index (χ2n) is 8.27. The molecule has 4 saturated carbocycles. The zero-order valence-electron chi connectivity index (χ0n) is 13.5. The van der Waals surface area contributed by atoms with Gasteiger partial charge in [-0.05, 0) is 62.7 Å². The molecule has 5 rings (SSSR count). The van der Waals surface area contributed by atoms with Crippen molar-refractivity contribution in [2.75, 3.05) is 13.2 Å². The highest BCUT2D eigenvalue weighted by molar-refractivity contribution is 5.88. The van der Waals surface area contributed by atoms with Crippen LogP contribution in [0.4, 0.5) is 0 Å². The summed E-state index contributed by atoms with van der Waals surface area (Å²) in [6, 6.07) is 0. The largest absolute Gasteiger partial charge is 0.457 e. The van der Waals surface area contributed by atoms with E-state index < -0.39 is 0 Å². The van der Waals surface area contributed by atoms with Crippen molar-refractivity contribution < 1.29 is 19.1 Å². The van der Waals surface area contributed by atoms with E-state index in [9.17, 15) is 14.4 Å². The fourth-order valence-corrected chi connectivity index (χ4v) is 5.79. The Bertz CT molecular complexity index is 496. The molecule has 1 N–H and O–H groups in total. The zero-order valence-corrected chi connectivity index (χ0v) is 13.5.